The molecule has 0 aliphatic carbocycles. The fourth-order valence-electron chi connectivity index (χ4n) is 3.41. The summed E-state index contributed by atoms with van der Waals surface area (Å²) in [6.45, 7) is 6.75. The van der Waals surface area contributed by atoms with Crippen LogP contribution < -0.4 is 0 Å². The summed E-state index contributed by atoms with van der Waals surface area (Å²) in [6.07, 6.45) is 3.18. The number of rotatable bonds is 12. The first kappa shape index (κ1) is 21.6. The van der Waals surface area contributed by atoms with Gasteiger partial charge in [-0.2, -0.15) is 0 Å². The van der Waals surface area contributed by atoms with Crippen molar-refractivity contribution in [3.63, 3.8) is 0 Å². The highest BCUT2D eigenvalue weighted by atomic mass is 19.1. The number of halogens is 1. The van der Waals surface area contributed by atoms with E-state index in [9.17, 15) is 9.50 Å². The number of nitrogens with zero attached hydrogens (tertiary/aromatic N) is 1. The molecule has 5 heteroatoms. The molecule has 1 aromatic heterocycles. The molecular weight excluding hydrogens is 345 g/mol. The first-order valence-corrected chi connectivity index (χ1v) is 9.78. The Morgan fingerprint density at radius 3 is 2.30 bits per heavy atom. The Morgan fingerprint density at radius 1 is 1.04 bits per heavy atom. The third-order valence-electron chi connectivity index (χ3n) is 4.76. The SMILES string of the molecule is CCCC(O)(CCC)c1ccc(CN(CCOC)Cc2ccc(F)cc2)o1. The van der Waals surface area contributed by atoms with Crippen LogP contribution in [0.25, 0.3) is 0 Å². The van der Waals surface area contributed by atoms with Crippen LogP contribution in [0.2, 0.25) is 0 Å². The molecule has 2 rings (SSSR count). The Balaban J connectivity index is 2.10. The van der Waals surface area contributed by atoms with Crippen molar-refractivity contribution >= 4 is 0 Å². The predicted molar refractivity (Wildman–Crippen MR) is 105 cm³/mol. The molecule has 2 aromatic rings. The minimum absolute atomic E-state index is 0.232. The number of ether oxygens (including phenoxy) is 1. The van der Waals surface area contributed by atoms with Crippen molar-refractivity contribution in [3.05, 3.63) is 59.3 Å². The van der Waals surface area contributed by atoms with Gasteiger partial charge in [-0.05, 0) is 42.7 Å². The first-order chi connectivity index (χ1) is 13.0. The fraction of sp³-hybridized carbons (Fsp3) is 0.545. The number of furan rings is 1. The Bertz CT molecular complexity index is 662. The Morgan fingerprint density at radius 2 is 1.70 bits per heavy atom. The summed E-state index contributed by atoms with van der Waals surface area (Å²) in [5, 5.41) is 11.0. The Hall–Kier alpha value is -1.69. The molecule has 0 aliphatic heterocycles. The van der Waals surface area contributed by atoms with E-state index < -0.39 is 5.60 Å². The number of hydrogen-bond donors (Lipinski definition) is 1. The van der Waals surface area contributed by atoms with Crippen LogP contribution >= 0.6 is 0 Å². The summed E-state index contributed by atoms with van der Waals surface area (Å²) in [6, 6.07) is 10.4. The molecule has 0 amide bonds. The molecule has 4 nitrogen and oxygen atoms in total. The van der Waals surface area contributed by atoms with Crippen molar-refractivity contribution in [2.75, 3.05) is 20.3 Å². The third kappa shape index (κ3) is 6.45. The Kier molecular flexibility index (Phi) is 8.48. The Labute approximate surface area is 161 Å². The molecule has 0 bridgehead atoms. The fourth-order valence-corrected chi connectivity index (χ4v) is 3.41. The van der Waals surface area contributed by atoms with Crippen molar-refractivity contribution in [2.24, 2.45) is 0 Å². The van der Waals surface area contributed by atoms with E-state index in [1.54, 1.807) is 19.2 Å². The molecule has 0 fully saturated rings. The topological polar surface area (TPSA) is 45.8 Å². The summed E-state index contributed by atoms with van der Waals surface area (Å²) in [4.78, 5) is 2.19. The smallest absolute Gasteiger partial charge is 0.135 e. The van der Waals surface area contributed by atoms with Crippen LogP contribution in [-0.2, 0) is 23.4 Å². The van der Waals surface area contributed by atoms with E-state index in [4.69, 9.17) is 9.15 Å². The van der Waals surface area contributed by atoms with Gasteiger partial charge in [0.05, 0.1) is 13.2 Å². The molecule has 1 aromatic carbocycles. The maximum absolute atomic E-state index is 13.1. The van der Waals surface area contributed by atoms with E-state index >= 15 is 0 Å². The normalized spacial score (nSPS) is 12.1. The average Bonchev–Trinajstić information content (AvgIpc) is 3.11. The van der Waals surface area contributed by atoms with Gasteiger partial charge >= 0.3 is 0 Å². The van der Waals surface area contributed by atoms with Crippen LogP contribution in [0.3, 0.4) is 0 Å². The van der Waals surface area contributed by atoms with E-state index in [-0.39, 0.29) is 5.82 Å². The second kappa shape index (κ2) is 10.6. The van der Waals surface area contributed by atoms with Gasteiger partial charge in [0.1, 0.15) is 22.9 Å². The standard InChI is InChI=1S/C22H32FNO3/c1-4-12-22(25,13-5-2)21-11-10-20(27-21)17-24(14-15-26-3)16-18-6-8-19(23)9-7-18/h6-11,25H,4-5,12-17H2,1-3H3. The van der Waals surface area contributed by atoms with Crippen LogP contribution in [0.4, 0.5) is 4.39 Å². The molecular formula is C22H32FNO3. The molecule has 0 unspecified atom stereocenters. The van der Waals surface area contributed by atoms with Gasteiger partial charge in [0.25, 0.3) is 0 Å². The van der Waals surface area contributed by atoms with Crippen molar-refractivity contribution < 1.29 is 18.7 Å². The number of hydrogen-bond acceptors (Lipinski definition) is 4. The highest BCUT2D eigenvalue weighted by Gasteiger charge is 2.31. The second-order valence-electron chi connectivity index (χ2n) is 7.13. The summed E-state index contributed by atoms with van der Waals surface area (Å²) >= 11 is 0. The maximum atomic E-state index is 13.1. The lowest BCUT2D eigenvalue weighted by atomic mass is 9.90. The second-order valence-corrected chi connectivity index (χ2v) is 7.13. The molecule has 0 saturated heterocycles. The largest absolute Gasteiger partial charge is 0.462 e. The van der Waals surface area contributed by atoms with E-state index in [0.717, 1.165) is 30.7 Å². The van der Waals surface area contributed by atoms with Gasteiger partial charge in [0.15, 0.2) is 0 Å². The van der Waals surface area contributed by atoms with Crippen molar-refractivity contribution in [3.8, 4) is 0 Å². The molecule has 1 heterocycles. The number of methoxy groups -OCH3 is 1. The molecule has 0 saturated carbocycles. The van der Waals surface area contributed by atoms with Crippen LogP contribution in [0.1, 0.15) is 56.6 Å². The van der Waals surface area contributed by atoms with Crippen LogP contribution in [-0.4, -0.2) is 30.3 Å². The maximum Gasteiger partial charge on any atom is 0.135 e. The van der Waals surface area contributed by atoms with E-state index in [2.05, 4.69) is 18.7 Å². The van der Waals surface area contributed by atoms with Gasteiger partial charge in [-0.15, -0.1) is 0 Å². The minimum atomic E-state index is -0.893. The van der Waals surface area contributed by atoms with Crippen LogP contribution in [0.15, 0.2) is 40.8 Å². The van der Waals surface area contributed by atoms with Gasteiger partial charge in [0, 0.05) is 20.2 Å². The van der Waals surface area contributed by atoms with Gasteiger partial charge in [-0.25, -0.2) is 4.39 Å². The van der Waals surface area contributed by atoms with Gasteiger partial charge in [-0.1, -0.05) is 38.8 Å². The van der Waals surface area contributed by atoms with E-state index in [0.29, 0.717) is 38.3 Å². The van der Waals surface area contributed by atoms with Gasteiger partial charge in [-0.3, -0.25) is 4.90 Å². The monoisotopic (exact) mass is 377 g/mol. The van der Waals surface area contributed by atoms with Gasteiger partial charge in [0.2, 0.25) is 0 Å². The van der Waals surface area contributed by atoms with Gasteiger partial charge < -0.3 is 14.3 Å². The zero-order chi connectivity index (χ0) is 19.7. The molecule has 1 N–H and O–H groups in total. The van der Waals surface area contributed by atoms with Crippen molar-refractivity contribution in [2.45, 2.75) is 58.2 Å². The molecule has 0 aliphatic rings. The summed E-state index contributed by atoms with van der Waals surface area (Å²) in [5.74, 6) is 1.23. The molecule has 150 valence electrons. The zero-order valence-corrected chi connectivity index (χ0v) is 16.7. The lowest BCUT2D eigenvalue weighted by Crippen LogP contribution is -2.27. The quantitative estimate of drug-likeness (QED) is 0.574. The van der Waals surface area contributed by atoms with E-state index in [1.165, 1.54) is 12.1 Å². The lowest BCUT2D eigenvalue weighted by Gasteiger charge is -2.25. The van der Waals surface area contributed by atoms with Crippen LogP contribution in [0.5, 0.6) is 0 Å². The summed E-state index contributed by atoms with van der Waals surface area (Å²) in [7, 11) is 1.68. The summed E-state index contributed by atoms with van der Waals surface area (Å²) < 4.78 is 24.4. The van der Waals surface area contributed by atoms with Crippen LogP contribution in [0, 0.1) is 5.82 Å². The zero-order valence-electron chi connectivity index (χ0n) is 16.7. The molecule has 0 radical (unpaired) electrons. The molecule has 0 atom stereocenters. The van der Waals surface area contributed by atoms with Crippen molar-refractivity contribution in [1.29, 1.82) is 0 Å². The molecule has 0 spiro atoms. The average molecular weight is 378 g/mol. The number of benzene rings is 1. The third-order valence-corrected chi connectivity index (χ3v) is 4.76. The van der Waals surface area contributed by atoms with Crippen molar-refractivity contribution in [1.82, 2.24) is 4.90 Å². The minimum Gasteiger partial charge on any atom is -0.462 e. The lowest BCUT2D eigenvalue weighted by molar-refractivity contribution is -0.00533. The predicted octanol–water partition coefficient (Wildman–Crippen LogP) is 4.86. The first-order valence-electron chi connectivity index (χ1n) is 9.78. The van der Waals surface area contributed by atoms with E-state index in [1.807, 2.05) is 12.1 Å². The number of aliphatic hydroxyl groups is 1. The highest BCUT2D eigenvalue weighted by Crippen LogP contribution is 2.33. The highest BCUT2D eigenvalue weighted by molar-refractivity contribution is 5.17. The molecule has 27 heavy (non-hydrogen) atoms. The summed E-state index contributed by atoms with van der Waals surface area (Å²) in [5.41, 5.74) is 0.142.